The van der Waals surface area contributed by atoms with Crippen LogP contribution in [0, 0.1) is 6.92 Å². The summed E-state index contributed by atoms with van der Waals surface area (Å²) in [5, 5.41) is 0. The van der Waals surface area contributed by atoms with Gasteiger partial charge in [0, 0.05) is 40.3 Å². The predicted octanol–water partition coefficient (Wildman–Crippen LogP) is 2.85. The second kappa shape index (κ2) is 7.02. The second-order valence-corrected chi connectivity index (χ2v) is 7.28. The Hall–Kier alpha value is -0.430. The predicted molar refractivity (Wildman–Crippen MR) is 84.9 cm³/mol. The van der Waals surface area contributed by atoms with E-state index in [0.717, 1.165) is 22.2 Å². The summed E-state index contributed by atoms with van der Waals surface area (Å²) in [6.45, 7) is 3.21. The number of hydrogen-bond donors (Lipinski definition) is 1. The van der Waals surface area contributed by atoms with Gasteiger partial charge in [-0.25, -0.2) is 0 Å². The van der Waals surface area contributed by atoms with Gasteiger partial charge in [-0.1, -0.05) is 0 Å². The van der Waals surface area contributed by atoms with E-state index in [1.54, 1.807) is 18.4 Å². The Kier molecular flexibility index (Phi) is 5.60. The first kappa shape index (κ1) is 15.9. The van der Waals surface area contributed by atoms with Gasteiger partial charge in [-0.05, 0) is 41.8 Å². The van der Waals surface area contributed by atoms with Crippen molar-refractivity contribution in [1.82, 2.24) is 4.90 Å². The zero-order chi connectivity index (χ0) is 14.7. The molecular weight excluding hydrogens is 340 g/mol. The van der Waals surface area contributed by atoms with Crippen molar-refractivity contribution in [3.63, 3.8) is 0 Å². The summed E-state index contributed by atoms with van der Waals surface area (Å²) in [6.07, 6.45) is 2.33. The molecule has 1 fully saturated rings. The van der Waals surface area contributed by atoms with Gasteiger partial charge in [0.15, 0.2) is 0 Å². The molecule has 0 aliphatic carbocycles. The van der Waals surface area contributed by atoms with Crippen LogP contribution in [-0.2, 0) is 9.53 Å². The Morgan fingerprint density at radius 3 is 2.95 bits per heavy atom. The lowest BCUT2D eigenvalue weighted by molar-refractivity contribution is -0.133. The molecule has 1 aliphatic rings. The smallest absolute Gasteiger partial charge is 0.223 e. The summed E-state index contributed by atoms with van der Waals surface area (Å²) in [5.74, 6) is 0.183. The highest BCUT2D eigenvalue weighted by molar-refractivity contribution is 9.10. The molecule has 1 aromatic heterocycles. The highest BCUT2D eigenvalue weighted by atomic mass is 79.9. The topological polar surface area (TPSA) is 55.6 Å². The Balaban J connectivity index is 2.32. The minimum Gasteiger partial charge on any atom is -0.383 e. The quantitative estimate of drug-likeness (QED) is 0.897. The summed E-state index contributed by atoms with van der Waals surface area (Å²) in [5.41, 5.74) is 6.35. The largest absolute Gasteiger partial charge is 0.383 e. The van der Waals surface area contributed by atoms with Gasteiger partial charge in [0.25, 0.3) is 0 Å². The summed E-state index contributed by atoms with van der Waals surface area (Å²) in [6, 6.07) is 2.06. The van der Waals surface area contributed by atoms with Crippen LogP contribution in [0.3, 0.4) is 0 Å². The van der Waals surface area contributed by atoms with Crippen LogP contribution in [-0.4, -0.2) is 37.1 Å². The SMILES string of the molecule is COCCN1C(=O)CCCC(N)C1c1cc(Br)c(C)s1. The first-order chi connectivity index (χ1) is 9.54. The van der Waals surface area contributed by atoms with Crippen LogP contribution in [0.2, 0.25) is 0 Å². The Bertz CT molecular complexity index is 458. The lowest BCUT2D eigenvalue weighted by Crippen LogP contribution is -2.43. The first-order valence-corrected chi connectivity index (χ1v) is 8.45. The van der Waals surface area contributed by atoms with E-state index in [0.29, 0.717) is 19.6 Å². The number of ether oxygens (including phenoxy) is 1. The molecule has 1 aliphatic heterocycles. The first-order valence-electron chi connectivity index (χ1n) is 6.84. The van der Waals surface area contributed by atoms with E-state index in [1.165, 1.54) is 4.88 Å². The van der Waals surface area contributed by atoms with Crippen molar-refractivity contribution in [2.45, 2.75) is 38.3 Å². The molecule has 2 unspecified atom stereocenters. The van der Waals surface area contributed by atoms with E-state index in [9.17, 15) is 4.79 Å². The van der Waals surface area contributed by atoms with Gasteiger partial charge in [0.05, 0.1) is 12.6 Å². The number of hydrogen-bond acceptors (Lipinski definition) is 4. The fraction of sp³-hybridized carbons (Fsp3) is 0.643. The maximum Gasteiger partial charge on any atom is 0.223 e. The Morgan fingerprint density at radius 1 is 1.60 bits per heavy atom. The van der Waals surface area contributed by atoms with Crippen LogP contribution in [0.5, 0.6) is 0 Å². The van der Waals surface area contributed by atoms with Crippen LogP contribution in [0.25, 0.3) is 0 Å². The van der Waals surface area contributed by atoms with E-state index in [4.69, 9.17) is 10.5 Å². The number of likely N-dealkylation sites (tertiary alicyclic amines) is 1. The molecule has 6 heteroatoms. The molecule has 2 heterocycles. The molecular formula is C14H21BrN2O2S. The number of nitrogens with zero attached hydrogens (tertiary/aromatic N) is 1. The molecule has 0 bridgehead atoms. The average molecular weight is 361 g/mol. The third kappa shape index (κ3) is 3.42. The van der Waals surface area contributed by atoms with Crippen molar-refractivity contribution >= 4 is 33.2 Å². The molecule has 1 aromatic rings. The summed E-state index contributed by atoms with van der Waals surface area (Å²) >= 11 is 5.26. The molecule has 2 atom stereocenters. The monoisotopic (exact) mass is 360 g/mol. The number of rotatable bonds is 4. The normalized spacial score (nSPS) is 24.0. The van der Waals surface area contributed by atoms with E-state index in [1.807, 2.05) is 4.90 Å². The fourth-order valence-electron chi connectivity index (χ4n) is 2.62. The molecule has 2 N–H and O–H groups in total. The molecule has 2 rings (SSSR count). The number of methoxy groups -OCH3 is 1. The summed E-state index contributed by atoms with van der Waals surface area (Å²) in [7, 11) is 1.66. The van der Waals surface area contributed by atoms with Gasteiger partial charge in [0.1, 0.15) is 0 Å². The third-order valence-electron chi connectivity index (χ3n) is 3.69. The van der Waals surface area contributed by atoms with Crippen molar-refractivity contribution in [1.29, 1.82) is 0 Å². The van der Waals surface area contributed by atoms with Crippen molar-refractivity contribution in [2.24, 2.45) is 5.73 Å². The minimum atomic E-state index is -0.0323. The minimum absolute atomic E-state index is 0.0109. The zero-order valence-electron chi connectivity index (χ0n) is 11.9. The highest BCUT2D eigenvalue weighted by Crippen LogP contribution is 2.37. The average Bonchev–Trinajstić information content (AvgIpc) is 2.65. The molecule has 1 amide bonds. The number of halogens is 1. The zero-order valence-corrected chi connectivity index (χ0v) is 14.3. The number of thiophene rings is 1. The number of amides is 1. The van der Waals surface area contributed by atoms with Crippen LogP contribution >= 0.6 is 27.3 Å². The van der Waals surface area contributed by atoms with E-state index < -0.39 is 0 Å². The molecule has 112 valence electrons. The maximum atomic E-state index is 12.3. The second-order valence-electron chi connectivity index (χ2n) is 5.13. The van der Waals surface area contributed by atoms with Crippen molar-refractivity contribution in [2.75, 3.05) is 20.3 Å². The number of nitrogens with two attached hydrogens (primary N) is 1. The van der Waals surface area contributed by atoms with E-state index in [-0.39, 0.29) is 18.0 Å². The van der Waals surface area contributed by atoms with Gasteiger partial charge in [-0.3, -0.25) is 4.79 Å². The van der Waals surface area contributed by atoms with Gasteiger partial charge in [-0.15, -0.1) is 11.3 Å². The van der Waals surface area contributed by atoms with Crippen molar-refractivity contribution in [3.8, 4) is 0 Å². The van der Waals surface area contributed by atoms with Crippen LogP contribution in [0.15, 0.2) is 10.5 Å². The van der Waals surface area contributed by atoms with Crippen LogP contribution in [0.4, 0.5) is 0 Å². The summed E-state index contributed by atoms with van der Waals surface area (Å²) in [4.78, 5) is 16.6. The van der Waals surface area contributed by atoms with Gasteiger partial charge >= 0.3 is 0 Å². The molecule has 0 radical (unpaired) electrons. The van der Waals surface area contributed by atoms with Crippen molar-refractivity contribution in [3.05, 3.63) is 20.3 Å². The van der Waals surface area contributed by atoms with Gasteiger partial charge in [-0.2, -0.15) is 0 Å². The lowest BCUT2D eigenvalue weighted by atomic mass is 10.0. The number of aryl methyl sites for hydroxylation is 1. The van der Waals surface area contributed by atoms with Crippen LogP contribution in [0.1, 0.15) is 35.1 Å². The maximum absolute atomic E-state index is 12.3. The van der Waals surface area contributed by atoms with Gasteiger partial charge < -0.3 is 15.4 Å². The molecule has 4 nitrogen and oxygen atoms in total. The highest BCUT2D eigenvalue weighted by Gasteiger charge is 2.33. The van der Waals surface area contributed by atoms with E-state index >= 15 is 0 Å². The molecule has 20 heavy (non-hydrogen) atoms. The third-order valence-corrected chi connectivity index (χ3v) is 5.90. The Labute approximate surface area is 132 Å². The molecule has 0 spiro atoms. The molecule has 0 saturated carbocycles. The van der Waals surface area contributed by atoms with Crippen molar-refractivity contribution < 1.29 is 9.53 Å². The number of carbonyl (C=O) groups is 1. The number of carbonyl (C=O) groups excluding carboxylic acids is 1. The lowest BCUT2D eigenvalue weighted by Gasteiger charge is -2.32. The standard InChI is InChI=1S/C14H21BrN2O2S/c1-9-10(15)8-12(20-9)14-11(16)4-3-5-13(18)17(14)6-7-19-2/h8,11,14H,3-7,16H2,1-2H3. The Morgan fingerprint density at radius 2 is 2.35 bits per heavy atom. The molecule has 1 saturated heterocycles. The molecule has 0 aromatic carbocycles. The van der Waals surface area contributed by atoms with E-state index in [2.05, 4.69) is 28.9 Å². The fourth-order valence-corrected chi connectivity index (χ4v) is 4.37. The van der Waals surface area contributed by atoms with Crippen LogP contribution < -0.4 is 5.73 Å². The summed E-state index contributed by atoms with van der Waals surface area (Å²) < 4.78 is 6.23. The van der Waals surface area contributed by atoms with Gasteiger partial charge in [0.2, 0.25) is 5.91 Å².